The maximum absolute atomic E-state index is 12.4. The minimum Gasteiger partial charge on any atom is -0.481 e. The minimum atomic E-state index is -0.898. The van der Waals surface area contributed by atoms with Crippen molar-refractivity contribution in [1.82, 2.24) is 0 Å². The molecule has 2 aromatic carbocycles. The molecule has 0 amide bonds. The van der Waals surface area contributed by atoms with Crippen molar-refractivity contribution in [3.05, 3.63) is 70.8 Å². The Morgan fingerprint density at radius 2 is 1.65 bits per heavy atom. The Bertz CT molecular complexity index is 642. The largest absolute Gasteiger partial charge is 0.481 e. The molecular formula is C17H16O3. The summed E-state index contributed by atoms with van der Waals surface area (Å²) in [6.45, 7) is 3.57. The van der Waals surface area contributed by atoms with Gasteiger partial charge in [0.1, 0.15) is 0 Å². The summed E-state index contributed by atoms with van der Waals surface area (Å²) in [5, 5.41) is 9.03. The number of benzene rings is 2. The van der Waals surface area contributed by atoms with Gasteiger partial charge in [0.15, 0.2) is 5.78 Å². The van der Waals surface area contributed by atoms with Crippen molar-refractivity contribution in [3.63, 3.8) is 0 Å². The third-order valence-corrected chi connectivity index (χ3v) is 3.33. The van der Waals surface area contributed by atoms with Crippen molar-refractivity contribution in [3.8, 4) is 0 Å². The van der Waals surface area contributed by atoms with Gasteiger partial charge in [0, 0.05) is 11.1 Å². The lowest BCUT2D eigenvalue weighted by Crippen LogP contribution is -2.09. The topological polar surface area (TPSA) is 54.4 Å². The molecular weight excluding hydrogens is 252 g/mol. The number of rotatable bonds is 4. The Kier molecular flexibility index (Phi) is 3.99. The van der Waals surface area contributed by atoms with E-state index in [4.69, 9.17) is 5.11 Å². The first-order chi connectivity index (χ1) is 9.49. The molecule has 0 aliphatic rings. The highest BCUT2D eigenvalue weighted by Crippen LogP contribution is 2.19. The molecule has 0 aliphatic heterocycles. The van der Waals surface area contributed by atoms with Crippen LogP contribution in [0.25, 0.3) is 0 Å². The Hall–Kier alpha value is -2.42. The molecule has 0 aromatic heterocycles. The van der Waals surface area contributed by atoms with E-state index in [2.05, 4.69) is 0 Å². The van der Waals surface area contributed by atoms with E-state index in [1.807, 2.05) is 19.1 Å². The third-order valence-electron chi connectivity index (χ3n) is 3.33. The van der Waals surface area contributed by atoms with E-state index in [1.165, 1.54) is 0 Å². The van der Waals surface area contributed by atoms with Crippen molar-refractivity contribution < 1.29 is 14.7 Å². The summed E-state index contributed by atoms with van der Waals surface area (Å²) in [5.41, 5.74) is 2.85. The molecule has 0 spiro atoms. The molecule has 2 rings (SSSR count). The summed E-state index contributed by atoms with van der Waals surface area (Å²) in [6.07, 6.45) is 0. The second-order valence-corrected chi connectivity index (χ2v) is 4.88. The molecule has 20 heavy (non-hydrogen) atoms. The normalized spacial score (nSPS) is 11.9. The molecule has 0 fully saturated rings. The summed E-state index contributed by atoms with van der Waals surface area (Å²) >= 11 is 0. The Balaban J connectivity index is 2.33. The lowest BCUT2D eigenvalue weighted by atomic mass is 9.95. The van der Waals surface area contributed by atoms with Crippen LogP contribution in [-0.4, -0.2) is 16.9 Å². The van der Waals surface area contributed by atoms with E-state index >= 15 is 0 Å². The number of carbonyl (C=O) groups is 2. The molecule has 0 bridgehead atoms. The molecule has 102 valence electrons. The molecule has 3 heteroatoms. The predicted octanol–water partition coefficient (Wildman–Crippen LogP) is 3.41. The highest BCUT2D eigenvalue weighted by molar-refractivity contribution is 6.09. The van der Waals surface area contributed by atoms with Crippen LogP contribution in [0.3, 0.4) is 0 Å². The number of hydrogen-bond donors (Lipinski definition) is 1. The monoisotopic (exact) mass is 268 g/mol. The van der Waals surface area contributed by atoms with Crippen molar-refractivity contribution in [2.24, 2.45) is 0 Å². The Morgan fingerprint density at radius 3 is 2.25 bits per heavy atom. The van der Waals surface area contributed by atoms with Crippen LogP contribution in [0.2, 0.25) is 0 Å². The molecule has 0 heterocycles. The van der Waals surface area contributed by atoms with E-state index < -0.39 is 11.9 Å². The zero-order valence-corrected chi connectivity index (χ0v) is 11.5. The van der Waals surface area contributed by atoms with Gasteiger partial charge >= 0.3 is 5.97 Å². The SMILES string of the molecule is Cc1ccc(C(=O)c2cccc([C@H](C)C(=O)O)c2)cc1. The second-order valence-electron chi connectivity index (χ2n) is 4.88. The second kappa shape index (κ2) is 5.70. The van der Waals surface area contributed by atoms with E-state index in [0.717, 1.165) is 5.56 Å². The van der Waals surface area contributed by atoms with Gasteiger partial charge in [-0.3, -0.25) is 9.59 Å². The highest BCUT2D eigenvalue weighted by atomic mass is 16.4. The van der Waals surface area contributed by atoms with E-state index in [0.29, 0.717) is 16.7 Å². The quantitative estimate of drug-likeness (QED) is 0.864. The average Bonchev–Trinajstić information content (AvgIpc) is 2.46. The van der Waals surface area contributed by atoms with E-state index in [-0.39, 0.29) is 5.78 Å². The van der Waals surface area contributed by atoms with Gasteiger partial charge in [-0.15, -0.1) is 0 Å². The zero-order chi connectivity index (χ0) is 14.7. The van der Waals surface area contributed by atoms with Gasteiger partial charge in [0.25, 0.3) is 0 Å². The molecule has 0 radical (unpaired) electrons. The molecule has 0 aliphatic carbocycles. The summed E-state index contributed by atoms with van der Waals surface area (Å²) in [4.78, 5) is 23.4. The molecule has 0 saturated carbocycles. The summed E-state index contributed by atoms with van der Waals surface area (Å²) < 4.78 is 0. The van der Waals surface area contributed by atoms with Crippen LogP contribution in [0, 0.1) is 6.92 Å². The van der Waals surface area contributed by atoms with E-state index in [9.17, 15) is 9.59 Å². The predicted molar refractivity (Wildman–Crippen MR) is 77.1 cm³/mol. The third kappa shape index (κ3) is 2.94. The van der Waals surface area contributed by atoms with Gasteiger partial charge < -0.3 is 5.11 Å². The zero-order valence-electron chi connectivity index (χ0n) is 11.5. The first-order valence-electron chi connectivity index (χ1n) is 6.43. The fourth-order valence-electron chi connectivity index (χ4n) is 1.96. The number of carbonyl (C=O) groups excluding carboxylic acids is 1. The van der Waals surface area contributed by atoms with Crippen LogP contribution >= 0.6 is 0 Å². The van der Waals surface area contributed by atoms with Crippen molar-refractivity contribution in [1.29, 1.82) is 0 Å². The highest BCUT2D eigenvalue weighted by Gasteiger charge is 2.16. The summed E-state index contributed by atoms with van der Waals surface area (Å²) in [7, 11) is 0. The first kappa shape index (κ1) is 14.0. The van der Waals surface area contributed by atoms with Gasteiger partial charge in [-0.1, -0.05) is 48.0 Å². The number of hydrogen-bond acceptors (Lipinski definition) is 2. The van der Waals surface area contributed by atoms with Gasteiger partial charge in [0.05, 0.1) is 5.92 Å². The van der Waals surface area contributed by atoms with Gasteiger partial charge in [-0.2, -0.15) is 0 Å². The summed E-state index contributed by atoms with van der Waals surface area (Å²) in [6, 6.07) is 14.1. The Labute approximate surface area is 117 Å². The van der Waals surface area contributed by atoms with Crippen LogP contribution in [0.1, 0.15) is 39.9 Å². The maximum atomic E-state index is 12.4. The molecule has 3 nitrogen and oxygen atoms in total. The number of ketones is 1. The van der Waals surface area contributed by atoms with Crippen LogP contribution in [0.5, 0.6) is 0 Å². The fourth-order valence-corrected chi connectivity index (χ4v) is 1.96. The van der Waals surface area contributed by atoms with Crippen LogP contribution in [0.4, 0.5) is 0 Å². The lowest BCUT2D eigenvalue weighted by Gasteiger charge is -2.08. The van der Waals surface area contributed by atoms with Gasteiger partial charge in [-0.05, 0) is 25.5 Å². The van der Waals surface area contributed by atoms with Crippen molar-refractivity contribution in [2.75, 3.05) is 0 Å². The fraction of sp³-hybridized carbons (Fsp3) is 0.176. The Morgan fingerprint density at radius 1 is 1.00 bits per heavy atom. The minimum absolute atomic E-state index is 0.0931. The lowest BCUT2D eigenvalue weighted by molar-refractivity contribution is -0.138. The standard InChI is InChI=1S/C17H16O3/c1-11-6-8-13(9-7-11)16(18)15-5-3-4-14(10-15)12(2)17(19)20/h3-10,12H,1-2H3,(H,19,20)/t12-/m0/s1. The van der Waals surface area contributed by atoms with Crippen LogP contribution in [0.15, 0.2) is 48.5 Å². The number of aliphatic carboxylic acids is 1. The van der Waals surface area contributed by atoms with Crippen molar-refractivity contribution >= 4 is 11.8 Å². The van der Waals surface area contributed by atoms with Gasteiger partial charge in [-0.25, -0.2) is 0 Å². The van der Waals surface area contributed by atoms with Gasteiger partial charge in [0.2, 0.25) is 0 Å². The first-order valence-corrected chi connectivity index (χ1v) is 6.43. The van der Waals surface area contributed by atoms with Crippen LogP contribution in [-0.2, 0) is 4.79 Å². The number of carboxylic acids is 1. The average molecular weight is 268 g/mol. The van der Waals surface area contributed by atoms with Crippen molar-refractivity contribution in [2.45, 2.75) is 19.8 Å². The number of aryl methyl sites for hydroxylation is 1. The molecule has 0 saturated heterocycles. The molecule has 2 aromatic rings. The summed E-state index contributed by atoms with van der Waals surface area (Å²) in [5.74, 6) is -1.62. The van der Waals surface area contributed by atoms with Crippen LogP contribution < -0.4 is 0 Å². The number of carboxylic acid groups (broad SMARTS) is 1. The maximum Gasteiger partial charge on any atom is 0.310 e. The smallest absolute Gasteiger partial charge is 0.310 e. The van der Waals surface area contributed by atoms with E-state index in [1.54, 1.807) is 43.3 Å². The molecule has 1 N–H and O–H groups in total. The molecule has 0 unspecified atom stereocenters. The molecule has 1 atom stereocenters.